The standard InChI is InChI=1S/C21H21N3O5/c1-12(25)22-14-7-5-13(6-8-14)18-19(21(27)24(2)20(18)26)23-16-11-15(28-3)9-10-17(16)29-4/h5-11,23H,1-4H3,(H,22,25). The summed E-state index contributed by atoms with van der Waals surface area (Å²) in [6, 6.07) is 11.8. The summed E-state index contributed by atoms with van der Waals surface area (Å²) in [5, 5.41) is 5.70. The van der Waals surface area contributed by atoms with Crippen LogP contribution >= 0.6 is 0 Å². The third-order valence-corrected chi connectivity index (χ3v) is 4.45. The van der Waals surface area contributed by atoms with Crippen LogP contribution in [0.5, 0.6) is 11.5 Å². The van der Waals surface area contributed by atoms with Gasteiger partial charge in [0, 0.05) is 25.7 Å². The van der Waals surface area contributed by atoms with E-state index in [0.29, 0.717) is 28.4 Å². The number of imide groups is 1. The first-order valence-electron chi connectivity index (χ1n) is 8.79. The van der Waals surface area contributed by atoms with E-state index in [1.54, 1.807) is 42.5 Å². The van der Waals surface area contributed by atoms with Crippen molar-refractivity contribution in [3.8, 4) is 11.5 Å². The highest BCUT2D eigenvalue weighted by Crippen LogP contribution is 2.35. The molecule has 0 spiro atoms. The Morgan fingerprint density at radius 3 is 2.24 bits per heavy atom. The second-order valence-corrected chi connectivity index (χ2v) is 6.37. The van der Waals surface area contributed by atoms with E-state index in [9.17, 15) is 14.4 Å². The lowest BCUT2D eigenvalue weighted by Crippen LogP contribution is -2.28. The number of ether oxygens (including phenoxy) is 2. The molecule has 2 aromatic rings. The lowest BCUT2D eigenvalue weighted by atomic mass is 10.0. The van der Waals surface area contributed by atoms with Crippen LogP contribution in [0.4, 0.5) is 11.4 Å². The molecular weight excluding hydrogens is 374 g/mol. The molecule has 1 aliphatic rings. The number of anilines is 2. The van der Waals surface area contributed by atoms with Crippen LogP contribution in [0.3, 0.4) is 0 Å². The number of rotatable bonds is 6. The van der Waals surface area contributed by atoms with Crippen molar-refractivity contribution in [2.24, 2.45) is 0 Å². The van der Waals surface area contributed by atoms with Gasteiger partial charge in [-0.05, 0) is 29.8 Å². The molecule has 0 bridgehead atoms. The van der Waals surface area contributed by atoms with Gasteiger partial charge in [0.2, 0.25) is 5.91 Å². The van der Waals surface area contributed by atoms with Crippen molar-refractivity contribution in [2.75, 3.05) is 31.9 Å². The highest BCUT2D eigenvalue weighted by atomic mass is 16.5. The van der Waals surface area contributed by atoms with Gasteiger partial charge >= 0.3 is 0 Å². The predicted octanol–water partition coefficient (Wildman–Crippen LogP) is 2.48. The smallest absolute Gasteiger partial charge is 0.277 e. The van der Waals surface area contributed by atoms with E-state index in [4.69, 9.17) is 9.47 Å². The number of likely N-dealkylation sites (N-methyl/N-ethyl adjacent to an activating group) is 1. The zero-order chi connectivity index (χ0) is 21.1. The van der Waals surface area contributed by atoms with E-state index in [1.165, 1.54) is 28.2 Å². The Hall–Kier alpha value is -3.81. The normalized spacial score (nSPS) is 13.6. The first-order chi connectivity index (χ1) is 13.8. The first-order valence-corrected chi connectivity index (χ1v) is 8.79. The Morgan fingerprint density at radius 2 is 1.66 bits per heavy atom. The molecule has 0 aliphatic carbocycles. The van der Waals surface area contributed by atoms with Gasteiger partial charge in [-0.3, -0.25) is 19.3 Å². The molecule has 1 aliphatic heterocycles. The highest BCUT2D eigenvalue weighted by Gasteiger charge is 2.37. The molecule has 29 heavy (non-hydrogen) atoms. The fraction of sp³-hybridized carbons (Fsp3) is 0.190. The molecule has 0 fully saturated rings. The molecular formula is C21H21N3O5. The number of hydrogen-bond acceptors (Lipinski definition) is 6. The summed E-state index contributed by atoms with van der Waals surface area (Å²) in [4.78, 5) is 37.7. The molecule has 8 nitrogen and oxygen atoms in total. The summed E-state index contributed by atoms with van der Waals surface area (Å²) in [5.41, 5.74) is 2.00. The molecule has 0 aromatic heterocycles. The van der Waals surface area contributed by atoms with Gasteiger partial charge in [0.1, 0.15) is 17.2 Å². The van der Waals surface area contributed by atoms with Crippen molar-refractivity contribution in [3.63, 3.8) is 0 Å². The van der Waals surface area contributed by atoms with Crippen molar-refractivity contribution in [2.45, 2.75) is 6.92 Å². The van der Waals surface area contributed by atoms with Crippen molar-refractivity contribution in [3.05, 3.63) is 53.7 Å². The Bertz CT molecular complexity index is 1010. The second kappa shape index (κ2) is 8.05. The summed E-state index contributed by atoms with van der Waals surface area (Å²) in [6.07, 6.45) is 0. The van der Waals surface area contributed by atoms with E-state index < -0.39 is 11.8 Å². The minimum atomic E-state index is -0.458. The van der Waals surface area contributed by atoms with Crippen molar-refractivity contribution >= 4 is 34.7 Å². The van der Waals surface area contributed by atoms with Gasteiger partial charge < -0.3 is 20.1 Å². The van der Waals surface area contributed by atoms with Crippen LogP contribution in [0, 0.1) is 0 Å². The van der Waals surface area contributed by atoms with Gasteiger partial charge in [-0.2, -0.15) is 0 Å². The lowest BCUT2D eigenvalue weighted by Gasteiger charge is -2.14. The third kappa shape index (κ3) is 3.91. The molecule has 150 valence electrons. The fourth-order valence-corrected chi connectivity index (χ4v) is 3.00. The molecule has 0 atom stereocenters. The van der Waals surface area contributed by atoms with Crippen molar-refractivity contribution < 1.29 is 23.9 Å². The van der Waals surface area contributed by atoms with Crippen LogP contribution < -0.4 is 20.1 Å². The van der Waals surface area contributed by atoms with Gasteiger partial charge in [-0.1, -0.05) is 12.1 Å². The van der Waals surface area contributed by atoms with Crippen LogP contribution in [-0.4, -0.2) is 43.9 Å². The number of carbonyl (C=O) groups excluding carboxylic acids is 3. The SMILES string of the molecule is COc1ccc(OC)c(NC2=C(c3ccc(NC(C)=O)cc3)C(=O)N(C)C2=O)c1. The number of methoxy groups -OCH3 is 2. The highest BCUT2D eigenvalue weighted by molar-refractivity contribution is 6.36. The van der Waals surface area contributed by atoms with Gasteiger partial charge in [-0.15, -0.1) is 0 Å². The monoisotopic (exact) mass is 395 g/mol. The molecule has 3 amide bonds. The number of carbonyl (C=O) groups is 3. The largest absolute Gasteiger partial charge is 0.497 e. The summed E-state index contributed by atoms with van der Waals surface area (Å²) in [5.74, 6) is -0.0163. The fourth-order valence-electron chi connectivity index (χ4n) is 3.00. The number of benzene rings is 2. The zero-order valence-corrected chi connectivity index (χ0v) is 16.5. The number of nitrogens with one attached hydrogen (secondary N) is 2. The number of hydrogen-bond donors (Lipinski definition) is 2. The van der Waals surface area contributed by atoms with Crippen LogP contribution in [0.1, 0.15) is 12.5 Å². The van der Waals surface area contributed by atoms with Crippen LogP contribution in [0.2, 0.25) is 0 Å². The van der Waals surface area contributed by atoms with E-state index in [2.05, 4.69) is 10.6 Å². The second-order valence-electron chi connectivity index (χ2n) is 6.37. The molecule has 0 unspecified atom stereocenters. The quantitative estimate of drug-likeness (QED) is 0.730. The van der Waals surface area contributed by atoms with E-state index >= 15 is 0 Å². The average molecular weight is 395 g/mol. The molecule has 0 saturated carbocycles. The topological polar surface area (TPSA) is 97.0 Å². The van der Waals surface area contributed by atoms with Crippen molar-refractivity contribution in [1.82, 2.24) is 4.90 Å². The van der Waals surface area contributed by atoms with E-state index in [0.717, 1.165) is 4.90 Å². The molecule has 0 saturated heterocycles. The maximum absolute atomic E-state index is 12.7. The summed E-state index contributed by atoms with van der Waals surface area (Å²) in [6.45, 7) is 1.41. The Balaban J connectivity index is 2.05. The Morgan fingerprint density at radius 1 is 0.966 bits per heavy atom. The Labute approximate surface area is 168 Å². The predicted molar refractivity (Wildman–Crippen MR) is 109 cm³/mol. The summed E-state index contributed by atoms with van der Waals surface area (Å²) in [7, 11) is 4.47. The molecule has 2 N–H and O–H groups in total. The Kier molecular flexibility index (Phi) is 5.54. The van der Waals surface area contributed by atoms with Crippen LogP contribution in [0.25, 0.3) is 5.57 Å². The molecule has 8 heteroatoms. The van der Waals surface area contributed by atoms with Crippen LogP contribution in [-0.2, 0) is 14.4 Å². The maximum atomic E-state index is 12.7. The van der Waals surface area contributed by atoms with Gasteiger partial charge in [0.15, 0.2) is 0 Å². The van der Waals surface area contributed by atoms with Gasteiger partial charge in [-0.25, -0.2) is 0 Å². The summed E-state index contributed by atoms with van der Waals surface area (Å²) < 4.78 is 10.6. The van der Waals surface area contributed by atoms with E-state index in [1.807, 2.05) is 0 Å². The van der Waals surface area contributed by atoms with Crippen LogP contribution in [0.15, 0.2) is 48.2 Å². The maximum Gasteiger partial charge on any atom is 0.277 e. The molecule has 3 rings (SSSR count). The number of nitrogens with zero attached hydrogens (tertiary/aromatic N) is 1. The van der Waals surface area contributed by atoms with Gasteiger partial charge in [0.05, 0.1) is 25.5 Å². The molecule has 2 aromatic carbocycles. The summed E-state index contributed by atoms with van der Waals surface area (Å²) >= 11 is 0. The number of amides is 3. The van der Waals surface area contributed by atoms with Gasteiger partial charge in [0.25, 0.3) is 11.8 Å². The van der Waals surface area contributed by atoms with Crippen molar-refractivity contribution in [1.29, 1.82) is 0 Å². The average Bonchev–Trinajstić information content (AvgIpc) is 2.92. The molecule has 1 heterocycles. The minimum Gasteiger partial charge on any atom is -0.497 e. The zero-order valence-electron chi connectivity index (χ0n) is 16.5. The molecule has 0 radical (unpaired) electrons. The lowest BCUT2D eigenvalue weighted by molar-refractivity contribution is -0.135. The van der Waals surface area contributed by atoms with E-state index in [-0.39, 0.29) is 17.2 Å². The third-order valence-electron chi connectivity index (χ3n) is 4.45. The minimum absolute atomic E-state index is 0.135. The first kappa shape index (κ1) is 19.9.